The summed E-state index contributed by atoms with van der Waals surface area (Å²) in [5.41, 5.74) is 1.65. The smallest absolute Gasteiger partial charge is 0.291 e. The van der Waals surface area contributed by atoms with Gasteiger partial charge in [0.25, 0.3) is 5.91 Å². The maximum atomic E-state index is 12.9. The highest BCUT2D eigenvalue weighted by Crippen LogP contribution is 2.16. The molecular weight excluding hydrogens is 309 g/mol. The minimum atomic E-state index is -0.400. The predicted molar refractivity (Wildman–Crippen MR) is 88.6 cm³/mol. The summed E-state index contributed by atoms with van der Waals surface area (Å²) in [4.78, 5) is 12.1. The first-order valence-corrected chi connectivity index (χ1v) is 7.45. The number of nitrogens with one attached hydrogen (secondary N) is 1. The summed E-state index contributed by atoms with van der Waals surface area (Å²) in [6.45, 7) is 2.23. The topological polar surface area (TPSA) is 51.5 Å². The zero-order valence-electron chi connectivity index (χ0n) is 13.1. The standard InChI is InChI=1S/C19H16FNO3/c1-13-2-8-16(9-3-13)23-12-17-10-11-18(24-17)19(22)21-15-6-4-14(20)5-7-15/h2-11H,12H2,1H3,(H,21,22). The van der Waals surface area contributed by atoms with Gasteiger partial charge in [0, 0.05) is 5.69 Å². The molecule has 0 unspecified atom stereocenters. The monoisotopic (exact) mass is 325 g/mol. The van der Waals surface area contributed by atoms with Gasteiger partial charge in [0.05, 0.1) is 0 Å². The summed E-state index contributed by atoms with van der Waals surface area (Å²) in [5.74, 6) is 0.681. The largest absolute Gasteiger partial charge is 0.486 e. The van der Waals surface area contributed by atoms with Crippen LogP contribution in [0.1, 0.15) is 21.9 Å². The number of carbonyl (C=O) groups is 1. The maximum Gasteiger partial charge on any atom is 0.291 e. The van der Waals surface area contributed by atoms with Crippen molar-refractivity contribution in [2.45, 2.75) is 13.5 Å². The molecule has 3 aromatic rings. The molecule has 5 heteroatoms. The molecular formula is C19H16FNO3. The number of benzene rings is 2. The Bertz CT molecular complexity index is 823. The van der Waals surface area contributed by atoms with E-state index in [0.717, 1.165) is 11.3 Å². The number of ether oxygens (including phenoxy) is 1. The summed E-state index contributed by atoms with van der Waals surface area (Å²) < 4.78 is 23.9. The summed E-state index contributed by atoms with van der Waals surface area (Å²) in [7, 11) is 0. The van der Waals surface area contributed by atoms with E-state index in [1.165, 1.54) is 24.3 Å². The molecule has 24 heavy (non-hydrogen) atoms. The molecule has 0 atom stereocenters. The second-order valence-electron chi connectivity index (χ2n) is 5.33. The van der Waals surface area contributed by atoms with Crippen LogP contribution in [0.25, 0.3) is 0 Å². The van der Waals surface area contributed by atoms with E-state index >= 15 is 0 Å². The number of carbonyl (C=O) groups excluding carboxylic acids is 1. The van der Waals surface area contributed by atoms with Gasteiger partial charge in [0.15, 0.2) is 5.76 Å². The molecule has 0 radical (unpaired) electrons. The number of halogens is 1. The molecule has 0 aliphatic rings. The molecule has 1 N–H and O–H groups in total. The molecule has 3 rings (SSSR count). The van der Waals surface area contributed by atoms with E-state index < -0.39 is 5.91 Å². The van der Waals surface area contributed by atoms with Crippen molar-refractivity contribution in [1.82, 2.24) is 0 Å². The van der Waals surface area contributed by atoms with Crippen LogP contribution in [0.5, 0.6) is 5.75 Å². The van der Waals surface area contributed by atoms with Crippen LogP contribution in [0.3, 0.4) is 0 Å². The summed E-state index contributed by atoms with van der Waals surface area (Å²) in [6.07, 6.45) is 0. The van der Waals surface area contributed by atoms with Crippen molar-refractivity contribution in [3.05, 3.63) is 83.6 Å². The minimum Gasteiger partial charge on any atom is -0.486 e. The quantitative estimate of drug-likeness (QED) is 0.748. The van der Waals surface area contributed by atoms with E-state index in [1.54, 1.807) is 12.1 Å². The molecule has 2 aromatic carbocycles. The molecule has 0 saturated heterocycles. The number of aryl methyl sites for hydroxylation is 1. The van der Waals surface area contributed by atoms with Gasteiger partial charge in [-0.05, 0) is 55.5 Å². The lowest BCUT2D eigenvalue weighted by molar-refractivity contribution is 0.0992. The first-order valence-electron chi connectivity index (χ1n) is 7.45. The summed E-state index contributed by atoms with van der Waals surface area (Å²) in [5, 5.41) is 2.64. The van der Waals surface area contributed by atoms with Crippen molar-refractivity contribution < 1.29 is 18.3 Å². The van der Waals surface area contributed by atoms with Gasteiger partial charge < -0.3 is 14.5 Å². The second kappa shape index (κ2) is 7.00. The summed E-state index contributed by atoms with van der Waals surface area (Å²) in [6, 6.07) is 16.5. The number of hydrogen-bond donors (Lipinski definition) is 1. The van der Waals surface area contributed by atoms with Crippen LogP contribution in [-0.4, -0.2) is 5.91 Å². The second-order valence-corrected chi connectivity index (χ2v) is 5.33. The molecule has 0 spiro atoms. The highest BCUT2D eigenvalue weighted by molar-refractivity contribution is 6.02. The van der Waals surface area contributed by atoms with Crippen LogP contribution in [0.15, 0.2) is 65.1 Å². The zero-order valence-corrected chi connectivity index (χ0v) is 13.1. The molecule has 0 aliphatic carbocycles. The molecule has 0 fully saturated rings. The normalized spacial score (nSPS) is 10.4. The Morgan fingerprint density at radius 2 is 1.75 bits per heavy atom. The third-order valence-corrected chi connectivity index (χ3v) is 3.39. The van der Waals surface area contributed by atoms with Crippen LogP contribution in [0, 0.1) is 12.7 Å². The Morgan fingerprint density at radius 1 is 1.04 bits per heavy atom. The van der Waals surface area contributed by atoms with E-state index in [0.29, 0.717) is 11.4 Å². The molecule has 4 nitrogen and oxygen atoms in total. The van der Waals surface area contributed by atoms with Gasteiger partial charge in [-0.2, -0.15) is 0 Å². The van der Waals surface area contributed by atoms with Crippen molar-refractivity contribution in [3.63, 3.8) is 0 Å². The van der Waals surface area contributed by atoms with Crippen LogP contribution < -0.4 is 10.1 Å². The number of rotatable bonds is 5. The van der Waals surface area contributed by atoms with Crippen LogP contribution >= 0.6 is 0 Å². The lowest BCUT2D eigenvalue weighted by Gasteiger charge is -2.05. The minimum absolute atomic E-state index is 0.168. The van der Waals surface area contributed by atoms with Crippen molar-refractivity contribution in [2.24, 2.45) is 0 Å². The van der Waals surface area contributed by atoms with Crippen LogP contribution in [0.4, 0.5) is 10.1 Å². The van der Waals surface area contributed by atoms with E-state index in [1.807, 2.05) is 31.2 Å². The third kappa shape index (κ3) is 4.01. The van der Waals surface area contributed by atoms with E-state index in [-0.39, 0.29) is 18.2 Å². The molecule has 1 amide bonds. The lowest BCUT2D eigenvalue weighted by Crippen LogP contribution is -2.10. The Balaban J connectivity index is 1.59. The van der Waals surface area contributed by atoms with Crippen molar-refractivity contribution >= 4 is 11.6 Å². The Kier molecular flexibility index (Phi) is 4.61. The maximum absolute atomic E-state index is 12.9. The summed E-state index contributed by atoms with van der Waals surface area (Å²) >= 11 is 0. The number of furan rings is 1. The predicted octanol–water partition coefficient (Wildman–Crippen LogP) is 4.56. The molecule has 1 heterocycles. The average molecular weight is 325 g/mol. The average Bonchev–Trinajstić information content (AvgIpc) is 3.06. The van der Waals surface area contributed by atoms with Crippen molar-refractivity contribution in [3.8, 4) is 5.75 Å². The highest BCUT2D eigenvalue weighted by atomic mass is 19.1. The van der Waals surface area contributed by atoms with Gasteiger partial charge in [0.2, 0.25) is 0 Å². The number of amides is 1. The zero-order chi connectivity index (χ0) is 16.9. The lowest BCUT2D eigenvalue weighted by atomic mass is 10.2. The molecule has 0 aliphatic heterocycles. The first-order chi connectivity index (χ1) is 11.6. The van der Waals surface area contributed by atoms with E-state index in [4.69, 9.17) is 9.15 Å². The Morgan fingerprint density at radius 3 is 2.46 bits per heavy atom. The first kappa shape index (κ1) is 15.8. The van der Waals surface area contributed by atoms with E-state index in [9.17, 15) is 9.18 Å². The van der Waals surface area contributed by atoms with Crippen molar-refractivity contribution in [1.29, 1.82) is 0 Å². The molecule has 122 valence electrons. The third-order valence-electron chi connectivity index (χ3n) is 3.39. The van der Waals surface area contributed by atoms with Gasteiger partial charge in [-0.25, -0.2) is 4.39 Å². The molecule has 0 saturated carbocycles. The molecule has 0 bridgehead atoms. The fraction of sp³-hybridized carbons (Fsp3) is 0.105. The fourth-order valence-electron chi connectivity index (χ4n) is 2.09. The number of anilines is 1. The van der Waals surface area contributed by atoms with Crippen molar-refractivity contribution in [2.75, 3.05) is 5.32 Å². The number of hydrogen-bond acceptors (Lipinski definition) is 3. The SMILES string of the molecule is Cc1ccc(OCc2ccc(C(=O)Nc3ccc(F)cc3)o2)cc1. The van der Waals surface area contributed by atoms with E-state index in [2.05, 4.69) is 5.32 Å². The van der Waals surface area contributed by atoms with Crippen LogP contribution in [0.2, 0.25) is 0 Å². The Labute approximate surface area is 138 Å². The van der Waals surface area contributed by atoms with Gasteiger partial charge in [-0.3, -0.25) is 4.79 Å². The van der Waals surface area contributed by atoms with Gasteiger partial charge in [0.1, 0.15) is 23.9 Å². The van der Waals surface area contributed by atoms with Gasteiger partial charge in [-0.1, -0.05) is 17.7 Å². The Hall–Kier alpha value is -3.08. The fourth-order valence-corrected chi connectivity index (χ4v) is 2.09. The molecule has 1 aromatic heterocycles. The van der Waals surface area contributed by atoms with Gasteiger partial charge in [-0.15, -0.1) is 0 Å². The van der Waals surface area contributed by atoms with Gasteiger partial charge >= 0.3 is 0 Å². The van der Waals surface area contributed by atoms with Crippen LogP contribution in [-0.2, 0) is 6.61 Å². The highest BCUT2D eigenvalue weighted by Gasteiger charge is 2.12.